The van der Waals surface area contributed by atoms with E-state index in [0.717, 1.165) is 16.5 Å². The number of fused-ring (bicyclic) bond motifs is 1. The Balaban J connectivity index is 2.76. The molecule has 1 heterocycles. The van der Waals surface area contributed by atoms with Gasteiger partial charge in [-0.25, -0.2) is 9.37 Å². The minimum absolute atomic E-state index is 0.110. The number of nitrogens with two attached hydrogens (primary N) is 1. The van der Waals surface area contributed by atoms with Gasteiger partial charge in [0.25, 0.3) is 0 Å². The second kappa shape index (κ2) is 4.77. The number of alkyl halides is 1. The van der Waals surface area contributed by atoms with Crippen LogP contribution in [0.25, 0.3) is 10.9 Å². The topological polar surface area (TPSA) is 59.1 Å². The number of rotatable bonds is 3. The van der Waals surface area contributed by atoms with E-state index in [1.165, 1.54) is 0 Å². The lowest BCUT2D eigenvalue weighted by molar-refractivity contribution is 0.188. The summed E-state index contributed by atoms with van der Waals surface area (Å²) in [6.45, 7) is 1.38. The fourth-order valence-corrected chi connectivity index (χ4v) is 1.94. The zero-order chi connectivity index (χ0) is 12.4. The molecule has 0 saturated carbocycles. The van der Waals surface area contributed by atoms with E-state index in [1.54, 1.807) is 6.07 Å². The number of para-hydroxylation sites is 1. The smallest absolute Gasteiger partial charge is 0.131 e. The predicted molar refractivity (Wildman–Crippen MR) is 65.3 cm³/mol. The molecule has 1 aromatic carbocycles. The van der Waals surface area contributed by atoms with Crippen molar-refractivity contribution in [1.29, 1.82) is 0 Å². The van der Waals surface area contributed by atoms with E-state index in [4.69, 9.17) is 5.73 Å². The van der Waals surface area contributed by atoms with E-state index >= 15 is 0 Å². The lowest BCUT2D eigenvalue weighted by atomic mass is 10.0. The fourth-order valence-electron chi connectivity index (χ4n) is 1.94. The Morgan fingerprint density at radius 2 is 2.24 bits per heavy atom. The predicted octanol–water partition coefficient (Wildman–Crippen LogP) is 2.00. The lowest BCUT2D eigenvalue weighted by Crippen LogP contribution is -2.12. The van der Waals surface area contributed by atoms with Crippen LogP contribution < -0.4 is 5.73 Å². The number of halogens is 1. The van der Waals surface area contributed by atoms with Crippen molar-refractivity contribution in [1.82, 2.24) is 4.98 Å². The zero-order valence-electron chi connectivity index (χ0n) is 9.65. The normalized spacial score (nSPS) is 12.9. The van der Waals surface area contributed by atoms with Crippen LogP contribution in [0.1, 0.15) is 22.9 Å². The first-order chi connectivity index (χ1) is 8.17. The van der Waals surface area contributed by atoms with Crippen LogP contribution in [-0.2, 0) is 6.67 Å². The van der Waals surface area contributed by atoms with Gasteiger partial charge in [-0.15, -0.1) is 0 Å². The van der Waals surface area contributed by atoms with Crippen molar-refractivity contribution in [3.05, 3.63) is 41.1 Å². The van der Waals surface area contributed by atoms with Gasteiger partial charge in [0.2, 0.25) is 0 Å². The van der Waals surface area contributed by atoms with Gasteiger partial charge < -0.3 is 10.8 Å². The molecular weight excluding hydrogens is 219 g/mol. The first kappa shape index (κ1) is 12.0. The highest BCUT2D eigenvalue weighted by Crippen LogP contribution is 2.26. The molecule has 0 saturated heterocycles. The number of hydrogen-bond donors (Lipinski definition) is 2. The molecule has 0 bridgehead atoms. The molecule has 1 atom stereocenters. The Labute approximate surface area is 99.1 Å². The Kier molecular flexibility index (Phi) is 3.36. The van der Waals surface area contributed by atoms with Gasteiger partial charge in [-0.3, -0.25) is 0 Å². The highest BCUT2D eigenvalue weighted by Gasteiger charge is 2.13. The van der Waals surface area contributed by atoms with Gasteiger partial charge in [0.05, 0.1) is 17.3 Å². The Hall–Kier alpha value is -1.52. The van der Waals surface area contributed by atoms with Crippen molar-refractivity contribution in [2.45, 2.75) is 19.7 Å². The highest BCUT2D eigenvalue weighted by atomic mass is 19.1. The second-order valence-corrected chi connectivity index (χ2v) is 4.06. The van der Waals surface area contributed by atoms with Crippen LogP contribution >= 0.6 is 0 Å². The molecule has 2 rings (SSSR count). The van der Waals surface area contributed by atoms with Crippen molar-refractivity contribution in [2.24, 2.45) is 5.73 Å². The molecule has 0 radical (unpaired) electrons. The van der Waals surface area contributed by atoms with Gasteiger partial charge in [0.15, 0.2) is 0 Å². The summed E-state index contributed by atoms with van der Waals surface area (Å²) < 4.78 is 12.8. The SMILES string of the molecule is Cc1cccc2c(C(O)CN)cc(CF)nc12. The average Bonchev–Trinajstić information content (AvgIpc) is 2.37. The van der Waals surface area contributed by atoms with Crippen LogP contribution in [-0.4, -0.2) is 16.6 Å². The summed E-state index contributed by atoms with van der Waals surface area (Å²) in [4.78, 5) is 4.24. The van der Waals surface area contributed by atoms with Crippen molar-refractivity contribution < 1.29 is 9.50 Å². The third kappa shape index (κ3) is 2.14. The second-order valence-electron chi connectivity index (χ2n) is 4.06. The Morgan fingerprint density at radius 3 is 2.88 bits per heavy atom. The van der Waals surface area contributed by atoms with Crippen LogP contribution in [0, 0.1) is 6.92 Å². The number of aliphatic hydroxyl groups excluding tert-OH is 1. The molecule has 17 heavy (non-hydrogen) atoms. The third-order valence-corrected chi connectivity index (χ3v) is 2.85. The molecule has 0 fully saturated rings. The van der Waals surface area contributed by atoms with Crippen molar-refractivity contribution >= 4 is 10.9 Å². The van der Waals surface area contributed by atoms with Gasteiger partial charge in [-0.1, -0.05) is 18.2 Å². The van der Waals surface area contributed by atoms with E-state index < -0.39 is 12.8 Å². The van der Waals surface area contributed by atoms with Crippen molar-refractivity contribution in [3.8, 4) is 0 Å². The van der Waals surface area contributed by atoms with Crippen LogP contribution in [0.3, 0.4) is 0 Å². The van der Waals surface area contributed by atoms with Crippen LogP contribution in [0.4, 0.5) is 4.39 Å². The quantitative estimate of drug-likeness (QED) is 0.854. The van der Waals surface area contributed by atoms with E-state index in [1.807, 2.05) is 25.1 Å². The molecule has 3 nitrogen and oxygen atoms in total. The maximum absolute atomic E-state index is 12.8. The summed E-state index contributed by atoms with van der Waals surface area (Å²) in [5, 5.41) is 10.7. The summed E-state index contributed by atoms with van der Waals surface area (Å²) in [6.07, 6.45) is -0.785. The van der Waals surface area contributed by atoms with Gasteiger partial charge in [-0.2, -0.15) is 0 Å². The standard InChI is InChI=1S/C13H15FN2O/c1-8-3-2-4-10-11(12(17)7-15)5-9(6-14)16-13(8)10/h2-5,12,17H,6-7,15H2,1H3. The number of benzene rings is 1. The van der Waals surface area contributed by atoms with E-state index in [9.17, 15) is 9.50 Å². The lowest BCUT2D eigenvalue weighted by Gasteiger charge is -2.13. The third-order valence-electron chi connectivity index (χ3n) is 2.85. The van der Waals surface area contributed by atoms with Gasteiger partial charge >= 0.3 is 0 Å². The van der Waals surface area contributed by atoms with E-state index in [0.29, 0.717) is 11.3 Å². The largest absolute Gasteiger partial charge is 0.387 e. The molecule has 3 N–H and O–H groups in total. The molecule has 0 aliphatic carbocycles. The Bertz CT molecular complexity index is 542. The molecule has 0 aliphatic rings. The number of aliphatic hydroxyl groups is 1. The molecular formula is C13H15FN2O. The first-order valence-corrected chi connectivity index (χ1v) is 5.50. The van der Waals surface area contributed by atoms with Crippen molar-refractivity contribution in [3.63, 3.8) is 0 Å². The monoisotopic (exact) mass is 234 g/mol. The molecule has 2 aromatic rings. The summed E-state index contributed by atoms with van der Waals surface area (Å²) in [5.74, 6) is 0. The maximum atomic E-state index is 12.8. The molecule has 0 spiro atoms. The minimum atomic E-state index is -0.785. The van der Waals surface area contributed by atoms with Crippen LogP contribution in [0.2, 0.25) is 0 Å². The van der Waals surface area contributed by atoms with E-state index in [-0.39, 0.29) is 6.54 Å². The van der Waals surface area contributed by atoms with Gasteiger partial charge in [-0.05, 0) is 24.1 Å². The number of pyridine rings is 1. The number of nitrogens with zero attached hydrogens (tertiary/aromatic N) is 1. The molecule has 90 valence electrons. The summed E-state index contributed by atoms with van der Waals surface area (Å²) >= 11 is 0. The maximum Gasteiger partial charge on any atom is 0.131 e. The summed E-state index contributed by atoms with van der Waals surface area (Å²) in [7, 11) is 0. The van der Waals surface area contributed by atoms with Crippen molar-refractivity contribution in [2.75, 3.05) is 6.54 Å². The molecule has 1 aromatic heterocycles. The number of hydrogen-bond acceptors (Lipinski definition) is 3. The zero-order valence-corrected chi connectivity index (χ0v) is 9.65. The number of aryl methyl sites for hydroxylation is 1. The fraction of sp³-hybridized carbons (Fsp3) is 0.308. The molecule has 0 aliphatic heterocycles. The van der Waals surface area contributed by atoms with Gasteiger partial charge in [0, 0.05) is 11.9 Å². The summed E-state index contributed by atoms with van der Waals surface area (Å²) in [5.41, 5.74) is 8.12. The first-order valence-electron chi connectivity index (χ1n) is 5.50. The highest BCUT2D eigenvalue weighted by molar-refractivity contribution is 5.85. The van der Waals surface area contributed by atoms with Crippen LogP contribution in [0.5, 0.6) is 0 Å². The number of aromatic nitrogens is 1. The summed E-state index contributed by atoms with van der Waals surface area (Å²) in [6, 6.07) is 7.25. The molecule has 1 unspecified atom stereocenters. The Morgan fingerprint density at radius 1 is 1.47 bits per heavy atom. The molecule has 0 amide bonds. The van der Waals surface area contributed by atoms with Gasteiger partial charge in [0.1, 0.15) is 6.67 Å². The van der Waals surface area contributed by atoms with E-state index in [2.05, 4.69) is 4.98 Å². The van der Waals surface area contributed by atoms with Crippen LogP contribution in [0.15, 0.2) is 24.3 Å². The molecule has 4 heteroatoms. The average molecular weight is 234 g/mol. The minimum Gasteiger partial charge on any atom is -0.387 e.